The lowest BCUT2D eigenvalue weighted by molar-refractivity contribution is 0.0953. The number of anilines is 1. The molecular formula is C12H17N3OS. The highest BCUT2D eigenvalue weighted by atomic mass is 32.2. The molecule has 0 bridgehead atoms. The Labute approximate surface area is 106 Å². The van der Waals surface area contributed by atoms with E-state index in [1.807, 2.05) is 11.8 Å². The molecule has 0 aromatic carbocycles. The van der Waals surface area contributed by atoms with Gasteiger partial charge in [0.05, 0.1) is 17.4 Å². The molecule has 2 rings (SSSR count). The number of nitrogens with zero attached hydrogens (tertiary/aromatic N) is 1. The molecule has 1 saturated carbocycles. The Morgan fingerprint density at radius 2 is 2.35 bits per heavy atom. The smallest absolute Gasteiger partial charge is 0.253 e. The number of hydrogen-bond donors (Lipinski definition) is 2. The number of amides is 1. The summed E-state index contributed by atoms with van der Waals surface area (Å²) >= 11 is 1.84. The summed E-state index contributed by atoms with van der Waals surface area (Å²) in [5, 5.41) is 5.97. The Kier molecular flexibility index (Phi) is 3.57. The molecule has 1 aromatic heterocycles. The molecule has 0 radical (unpaired) electrons. The molecule has 1 heterocycles. The monoisotopic (exact) mass is 251 g/mol. The van der Waals surface area contributed by atoms with Crippen molar-refractivity contribution in [2.24, 2.45) is 0 Å². The minimum absolute atomic E-state index is 0.0305. The van der Waals surface area contributed by atoms with Gasteiger partial charge in [0.15, 0.2) is 0 Å². The molecule has 1 aliphatic rings. The Bertz CT molecular complexity index is 418. The van der Waals surface area contributed by atoms with E-state index in [-0.39, 0.29) is 5.91 Å². The van der Waals surface area contributed by atoms with Gasteiger partial charge in [0.25, 0.3) is 5.91 Å². The standard InChI is InChI=1S/C12H17N3OS/c1-13-10-7-14-6-3-9(10)11(16)15-8-12(17-2)4-5-12/h3,6-7,13H,4-5,8H2,1-2H3,(H,15,16). The summed E-state index contributed by atoms with van der Waals surface area (Å²) in [6.07, 6.45) is 7.80. The van der Waals surface area contributed by atoms with Crippen LogP contribution in [0, 0.1) is 0 Å². The van der Waals surface area contributed by atoms with Crippen LogP contribution in [0.3, 0.4) is 0 Å². The third kappa shape index (κ3) is 2.72. The molecule has 2 N–H and O–H groups in total. The number of carbonyl (C=O) groups is 1. The van der Waals surface area contributed by atoms with Crippen LogP contribution in [0.15, 0.2) is 18.5 Å². The molecule has 1 aromatic rings. The maximum atomic E-state index is 12.0. The van der Waals surface area contributed by atoms with Gasteiger partial charge in [-0.05, 0) is 25.2 Å². The van der Waals surface area contributed by atoms with E-state index in [1.165, 1.54) is 12.8 Å². The first-order valence-electron chi connectivity index (χ1n) is 5.66. The predicted octanol–water partition coefficient (Wildman–Crippen LogP) is 1.75. The van der Waals surface area contributed by atoms with Crippen LogP contribution in [0.5, 0.6) is 0 Å². The Balaban J connectivity index is 1.99. The molecule has 0 atom stereocenters. The molecule has 5 heteroatoms. The molecule has 0 saturated heterocycles. The molecule has 1 fully saturated rings. The fraction of sp³-hybridized carbons (Fsp3) is 0.500. The van der Waals surface area contributed by atoms with E-state index >= 15 is 0 Å². The van der Waals surface area contributed by atoms with Gasteiger partial charge in [0.1, 0.15) is 0 Å². The molecule has 17 heavy (non-hydrogen) atoms. The molecule has 0 aliphatic heterocycles. The topological polar surface area (TPSA) is 54.0 Å². The zero-order valence-electron chi connectivity index (χ0n) is 10.1. The van der Waals surface area contributed by atoms with Crippen molar-refractivity contribution in [2.75, 3.05) is 25.2 Å². The van der Waals surface area contributed by atoms with E-state index in [9.17, 15) is 4.79 Å². The minimum atomic E-state index is -0.0305. The highest BCUT2D eigenvalue weighted by Crippen LogP contribution is 2.46. The Hall–Kier alpha value is -1.23. The van der Waals surface area contributed by atoms with Crippen molar-refractivity contribution in [1.29, 1.82) is 0 Å². The number of aromatic nitrogens is 1. The van der Waals surface area contributed by atoms with Gasteiger partial charge >= 0.3 is 0 Å². The molecule has 4 nitrogen and oxygen atoms in total. The summed E-state index contributed by atoms with van der Waals surface area (Å²) < 4.78 is 0.294. The highest BCUT2D eigenvalue weighted by Gasteiger charge is 2.42. The van der Waals surface area contributed by atoms with Crippen LogP contribution < -0.4 is 10.6 Å². The average Bonchev–Trinajstić information content (AvgIpc) is 3.16. The lowest BCUT2D eigenvalue weighted by atomic mass is 10.2. The molecule has 1 amide bonds. The van der Waals surface area contributed by atoms with E-state index in [0.717, 1.165) is 12.2 Å². The fourth-order valence-electron chi connectivity index (χ4n) is 1.72. The van der Waals surface area contributed by atoms with Crippen LogP contribution in [0.25, 0.3) is 0 Å². The summed E-state index contributed by atoms with van der Waals surface area (Å²) in [4.78, 5) is 16.0. The number of hydrogen-bond acceptors (Lipinski definition) is 4. The van der Waals surface area contributed by atoms with Gasteiger partial charge in [-0.1, -0.05) is 0 Å². The van der Waals surface area contributed by atoms with Crippen molar-refractivity contribution >= 4 is 23.4 Å². The van der Waals surface area contributed by atoms with E-state index in [2.05, 4.69) is 21.9 Å². The summed E-state index contributed by atoms with van der Waals surface area (Å²) in [6.45, 7) is 0.748. The zero-order chi connectivity index (χ0) is 12.3. The number of carbonyl (C=O) groups excluding carboxylic acids is 1. The van der Waals surface area contributed by atoms with Gasteiger partial charge in [-0.15, -0.1) is 0 Å². The first kappa shape index (κ1) is 12.2. The lowest BCUT2D eigenvalue weighted by Crippen LogP contribution is -2.32. The maximum absolute atomic E-state index is 12.0. The molecule has 92 valence electrons. The van der Waals surface area contributed by atoms with E-state index in [1.54, 1.807) is 25.5 Å². The molecule has 0 unspecified atom stereocenters. The number of pyridine rings is 1. The summed E-state index contributed by atoms with van der Waals surface area (Å²) in [5.41, 5.74) is 1.42. The first-order chi connectivity index (χ1) is 8.21. The van der Waals surface area contributed by atoms with E-state index in [4.69, 9.17) is 0 Å². The average molecular weight is 251 g/mol. The number of nitrogens with one attached hydrogen (secondary N) is 2. The third-order valence-corrected chi connectivity index (χ3v) is 4.57. The molecule has 0 spiro atoms. The largest absolute Gasteiger partial charge is 0.386 e. The van der Waals surface area contributed by atoms with Gasteiger partial charge in [-0.25, -0.2) is 0 Å². The van der Waals surface area contributed by atoms with Crippen molar-refractivity contribution in [3.05, 3.63) is 24.0 Å². The quantitative estimate of drug-likeness (QED) is 0.837. The van der Waals surface area contributed by atoms with Crippen molar-refractivity contribution in [3.8, 4) is 0 Å². The van der Waals surface area contributed by atoms with Crippen molar-refractivity contribution < 1.29 is 4.79 Å². The Morgan fingerprint density at radius 3 is 2.94 bits per heavy atom. The SMILES string of the molecule is CNc1cnccc1C(=O)NCC1(SC)CC1. The summed E-state index contributed by atoms with van der Waals surface area (Å²) in [6, 6.07) is 1.74. The maximum Gasteiger partial charge on any atom is 0.253 e. The van der Waals surface area contributed by atoms with Crippen molar-refractivity contribution in [2.45, 2.75) is 17.6 Å². The van der Waals surface area contributed by atoms with Crippen LogP contribution >= 0.6 is 11.8 Å². The zero-order valence-corrected chi connectivity index (χ0v) is 10.9. The van der Waals surface area contributed by atoms with Crippen LogP contribution in [0.2, 0.25) is 0 Å². The number of rotatable bonds is 5. The number of thioether (sulfide) groups is 1. The second kappa shape index (κ2) is 4.96. The normalized spacial score (nSPS) is 16.4. The van der Waals surface area contributed by atoms with Gasteiger partial charge in [0, 0.05) is 24.5 Å². The van der Waals surface area contributed by atoms with Gasteiger partial charge in [0.2, 0.25) is 0 Å². The lowest BCUT2D eigenvalue weighted by Gasteiger charge is -2.14. The summed E-state index contributed by atoms with van der Waals surface area (Å²) in [7, 11) is 1.79. The van der Waals surface area contributed by atoms with Crippen LogP contribution in [0.1, 0.15) is 23.2 Å². The first-order valence-corrected chi connectivity index (χ1v) is 6.88. The van der Waals surface area contributed by atoms with E-state index < -0.39 is 0 Å². The summed E-state index contributed by atoms with van der Waals surface area (Å²) in [5.74, 6) is -0.0305. The van der Waals surface area contributed by atoms with Crippen LogP contribution in [0.4, 0.5) is 5.69 Å². The molecular weight excluding hydrogens is 234 g/mol. The highest BCUT2D eigenvalue weighted by molar-refractivity contribution is 8.00. The van der Waals surface area contributed by atoms with Crippen molar-refractivity contribution in [1.82, 2.24) is 10.3 Å². The van der Waals surface area contributed by atoms with Gasteiger partial charge in [-0.3, -0.25) is 9.78 Å². The third-order valence-electron chi connectivity index (χ3n) is 3.15. The second-order valence-electron chi connectivity index (χ2n) is 4.24. The van der Waals surface area contributed by atoms with E-state index in [0.29, 0.717) is 10.3 Å². The Morgan fingerprint density at radius 1 is 1.59 bits per heavy atom. The van der Waals surface area contributed by atoms with Gasteiger partial charge in [-0.2, -0.15) is 11.8 Å². The molecule has 1 aliphatic carbocycles. The van der Waals surface area contributed by atoms with Gasteiger partial charge < -0.3 is 10.6 Å². The minimum Gasteiger partial charge on any atom is -0.386 e. The van der Waals surface area contributed by atoms with Crippen molar-refractivity contribution in [3.63, 3.8) is 0 Å². The van der Waals surface area contributed by atoms with Crippen LogP contribution in [-0.4, -0.2) is 35.5 Å². The fourth-order valence-corrected chi connectivity index (χ4v) is 2.45. The second-order valence-corrected chi connectivity index (χ2v) is 5.52. The van der Waals surface area contributed by atoms with Crippen LogP contribution in [-0.2, 0) is 0 Å². The predicted molar refractivity (Wildman–Crippen MR) is 71.6 cm³/mol.